The molecule has 0 spiro atoms. The van der Waals surface area contributed by atoms with Crippen molar-refractivity contribution in [1.29, 1.82) is 0 Å². The van der Waals surface area contributed by atoms with Crippen LogP contribution in [-0.2, 0) is 0 Å². The van der Waals surface area contributed by atoms with E-state index in [0.29, 0.717) is 22.4 Å². The van der Waals surface area contributed by atoms with Gasteiger partial charge in [0.05, 0.1) is 9.40 Å². The summed E-state index contributed by atoms with van der Waals surface area (Å²) >= 11 is 3.31. The third kappa shape index (κ3) is 3.64. The highest BCUT2D eigenvalue weighted by Gasteiger charge is 2.16. The number of nitrogens with zero attached hydrogens (tertiary/aromatic N) is 2. The van der Waals surface area contributed by atoms with E-state index in [1.807, 2.05) is 6.92 Å². The van der Waals surface area contributed by atoms with Crippen LogP contribution < -0.4 is 11.1 Å². The first-order valence-corrected chi connectivity index (χ1v) is 6.01. The van der Waals surface area contributed by atoms with Crippen molar-refractivity contribution in [1.82, 2.24) is 4.98 Å². The lowest BCUT2D eigenvalue weighted by atomic mass is 10.2. The van der Waals surface area contributed by atoms with Gasteiger partial charge >= 0.3 is 0 Å². The Morgan fingerprint density at radius 2 is 2.35 bits per heavy atom. The summed E-state index contributed by atoms with van der Waals surface area (Å²) in [6.45, 7) is 4.28. The minimum atomic E-state index is -0.446. The van der Waals surface area contributed by atoms with E-state index in [1.165, 1.54) is 6.20 Å². The Balaban J connectivity index is 2.82. The van der Waals surface area contributed by atoms with Gasteiger partial charge in [0.15, 0.2) is 0 Å². The van der Waals surface area contributed by atoms with Crippen molar-refractivity contribution in [3.8, 4) is 0 Å². The lowest BCUT2D eigenvalue weighted by Crippen LogP contribution is -2.19. The Morgan fingerprint density at radius 3 is 2.88 bits per heavy atom. The average Bonchev–Trinajstić information content (AvgIpc) is 2.23. The molecule has 1 rings (SSSR count). The summed E-state index contributed by atoms with van der Waals surface area (Å²) in [6, 6.07) is 0.112. The lowest BCUT2D eigenvalue weighted by Gasteiger charge is -2.10. The molecule has 1 heterocycles. The van der Waals surface area contributed by atoms with Crippen molar-refractivity contribution in [2.75, 3.05) is 11.9 Å². The van der Waals surface area contributed by atoms with Gasteiger partial charge in [0.1, 0.15) is 12.0 Å². The molecule has 7 heteroatoms. The Kier molecular flexibility index (Phi) is 4.83. The molecule has 1 aromatic heterocycles. The smallest absolute Gasteiger partial charge is 0.291 e. The number of nitrogens with two attached hydrogens (primary N) is 1. The number of pyridine rings is 1. The number of halogens is 1. The predicted octanol–water partition coefficient (Wildman–Crippen LogP) is 2.21. The fourth-order valence-electron chi connectivity index (χ4n) is 1.29. The average molecular weight is 303 g/mol. The third-order valence-electron chi connectivity index (χ3n) is 2.33. The fourth-order valence-corrected chi connectivity index (χ4v) is 1.74. The highest BCUT2D eigenvalue weighted by atomic mass is 79.9. The van der Waals surface area contributed by atoms with Crippen molar-refractivity contribution in [2.45, 2.75) is 26.3 Å². The summed E-state index contributed by atoms with van der Waals surface area (Å²) in [6.07, 6.45) is 2.07. The van der Waals surface area contributed by atoms with Gasteiger partial charge in [-0.25, -0.2) is 4.98 Å². The number of hydrogen-bond acceptors (Lipinski definition) is 5. The summed E-state index contributed by atoms with van der Waals surface area (Å²) in [5.41, 5.74) is 6.20. The largest absolute Gasteiger partial charge is 0.369 e. The topological polar surface area (TPSA) is 94.1 Å². The standard InChI is InChI=1S/C10H15BrN4O2/c1-6(12)3-4-13-10-9(11)7(2)8(5-14-10)15(16)17/h5-6H,3-4,12H2,1-2H3,(H,13,14). The third-order valence-corrected chi connectivity index (χ3v) is 3.30. The maximum atomic E-state index is 10.7. The molecular weight excluding hydrogens is 288 g/mol. The van der Waals surface area contributed by atoms with Gasteiger partial charge in [-0.3, -0.25) is 10.1 Å². The number of anilines is 1. The van der Waals surface area contributed by atoms with Crippen molar-refractivity contribution in [2.24, 2.45) is 5.73 Å². The van der Waals surface area contributed by atoms with Crippen molar-refractivity contribution >= 4 is 27.4 Å². The van der Waals surface area contributed by atoms with E-state index in [-0.39, 0.29) is 11.7 Å². The van der Waals surface area contributed by atoms with E-state index in [0.717, 1.165) is 6.42 Å². The maximum Gasteiger partial charge on any atom is 0.291 e. The lowest BCUT2D eigenvalue weighted by molar-refractivity contribution is -0.385. The van der Waals surface area contributed by atoms with Crippen LogP contribution >= 0.6 is 15.9 Å². The van der Waals surface area contributed by atoms with E-state index >= 15 is 0 Å². The normalized spacial score (nSPS) is 12.2. The summed E-state index contributed by atoms with van der Waals surface area (Å²) in [5, 5.41) is 13.8. The monoisotopic (exact) mass is 302 g/mol. The summed E-state index contributed by atoms with van der Waals surface area (Å²) in [7, 11) is 0. The molecule has 0 saturated heterocycles. The molecule has 0 saturated carbocycles. The van der Waals surface area contributed by atoms with E-state index < -0.39 is 4.92 Å². The number of rotatable bonds is 5. The molecule has 0 amide bonds. The highest BCUT2D eigenvalue weighted by Crippen LogP contribution is 2.30. The Bertz CT molecular complexity index is 423. The van der Waals surface area contributed by atoms with E-state index in [9.17, 15) is 10.1 Å². The van der Waals surface area contributed by atoms with Crippen LogP contribution in [0.15, 0.2) is 10.7 Å². The van der Waals surface area contributed by atoms with Crippen LogP contribution in [0.4, 0.5) is 11.5 Å². The van der Waals surface area contributed by atoms with Crippen LogP contribution in [0.1, 0.15) is 18.9 Å². The molecule has 1 aromatic rings. The van der Waals surface area contributed by atoms with Crippen LogP contribution in [0.2, 0.25) is 0 Å². The van der Waals surface area contributed by atoms with Crippen LogP contribution in [0, 0.1) is 17.0 Å². The molecule has 17 heavy (non-hydrogen) atoms. The van der Waals surface area contributed by atoms with Gasteiger partial charge in [0.25, 0.3) is 5.69 Å². The first kappa shape index (κ1) is 13.9. The second-order valence-electron chi connectivity index (χ2n) is 3.88. The molecule has 0 aromatic carbocycles. The second kappa shape index (κ2) is 5.92. The Morgan fingerprint density at radius 1 is 1.71 bits per heavy atom. The van der Waals surface area contributed by atoms with Gasteiger partial charge < -0.3 is 11.1 Å². The molecule has 0 bridgehead atoms. The zero-order chi connectivity index (χ0) is 13.0. The van der Waals surface area contributed by atoms with Gasteiger partial charge in [-0.05, 0) is 36.2 Å². The molecule has 0 aliphatic carbocycles. The molecule has 0 aliphatic rings. The van der Waals surface area contributed by atoms with Crippen LogP contribution in [0.3, 0.4) is 0 Å². The summed E-state index contributed by atoms with van der Waals surface area (Å²) < 4.78 is 0.622. The number of aromatic nitrogens is 1. The maximum absolute atomic E-state index is 10.7. The first-order chi connectivity index (χ1) is 7.93. The molecule has 3 N–H and O–H groups in total. The summed E-state index contributed by atoms with van der Waals surface area (Å²) in [4.78, 5) is 14.3. The SMILES string of the molecule is Cc1c([N+](=O)[O-])cnc(NCCC(C)N)c1Br. The zero-order valence-corrected chi connectivity index (χ0v) is 11.3. The summed E-state index contributed by atoms with van der Waals surface area (Å²) in [5.74, 6) is 0.605. The first-order valence-electron chi connectivity index (χ1n) is 5.22. The molecule has 0 radical (unpaired) electrons. The second-order valence-corrected chi connectivity index (χ2v) is 4.67. The zero-order valence-electron chi connectivity index (χ0n) is 9.74. The molecule has 0 aliphatic heterocycles. The molecule has 94 valence electrons. The molecule has 6 nitrogen and oxygen atoms in total. The minimum Gasteiger partial charge on any atom is -0.369 e. The Labute approximate surface area is 108 Å². The van der Waals surface area contributed by atoms with Crippen molar-refractivity contribution < 1.29 is 4.92 Å². The van der Waals surface area contributed by atoms with E-state index in [4.69, 9.17) is 5.73 Å². The molecule has 1 unspecified atom stereocenters. The van der Waals surface area contributed by atoms with Gasteiger partial charge in [-0.2, -0.15) is 0 Å². The van der Waals surface area contributed by atoms with Gasteiger partial charge in [0.2, 0.25) is 0 Å². The highest BCUT2D eigenvalue weighted by molar-refractivity contribution is 9.10. The van der Waals surface area contributed by atoms with E-state index in [1.54, 1.807) is 6.92 Å². The van der Waals surface area contributed by atoms with Gasteiger partial charge in [0, 0.05) is 18.2 Å². The number of nitrogens with one attached hydrogen (secondary N) is 1. The molecular formula is C10H15BrN4O2. The quantitative estimate of drug-likeness (QED) is 0.642. The minimum absolute atomic E-state index is 0.00891. The predicted molar refractivity (Wildman–Crippen MR) is 70.1 cm³/mol. The van der Waals surface area contributed by atoms with E-state index in [2.05, 4.69) is 26.2 Å². The van der Waals surface area contributed by atoms with Crippen LogP contribution in [-0.4, -0.2) is 22.5 Å². The van der Waals surface area contributed by atoms with Gasteiger partial charge in [-0.1, -0.05) is 0 Å². The number of hydrogen-bond donors (Lipinski definition) is 2. The number of nitro groups is 1. The molecule has 1 atom stereocenters. The Hall–Kier alpha value is -1.21. The molecule has 0 fully saturated rings. The van der Waals surface area contributed by atoms with Crippen LogP contribution in [0.5, 0.6) is 0 Å². The van der Waals surface area contributed by atoms with Crippen LogP contribution in [0.25, 0.3) is 0 Å². The van der Waals surface area contributed by atoms with Gasteiger partial charge in [-0.15, -0.1) is 0 Å². The van der Waals surface area contributed by atoms with Crippen molar-refractivity contribution in [3.05, 3.63) is 26.3 Å². The fraction of sp³-hybridized carbons (Fsp3) is 0.500. The van der Waals surface area contributed by atoms with Crippen molar-refractivity contribution in [3.63, 3.8) is 0 Å².